The van der Waals surface area contributed by atoms with Gasteiger partial charge in [-0.25, -0.2) is 9.67 Å². The number of morpholine rings is 1. The number of hydrogen-bond acceptors (Lipinski definition) is 4. The predicted octanol–water partition coefficient (Wildman–Crippen LogP) is 1.03. The van der Waals surface area contributed by atoms with Crippen molar-refractivity contribution in [2.45, 2.75) is 6.54 Å². The van der Waals surface area contributed by atoms with Crippen molar-refractivity contribution < 1.29 is 9.47 Å². The van der Waals surface area contributed by atoms with Crippen molar-refractivity contribution in [3.63, 3.8) is 0 Å². The van der Waals surface area contributed by atoms with E-state index in [0.717, 1.165) is 30.2 Å². The standard InChI is InChI=1S/C16H21N5O2/c1-22-15-4-2-14(3-5-15)21-7-6-13(19-21)12-18-16(17)20-8-10-23-11-9-20/h2-7H,8-12H2,1H3,(H2,17,18). The molecule has 1 aromatic carbocycles. The molecule has 2 aromatic rings. The van der Waals surface area contributed by atoms with Crippen molar-refractivity contribution in [1.82, 2.24) is 14.7 Å². The largest absolute Gasteiger partial charge is 0.497 e. The van der Waals surface area contributed by atoms with Crippen molar-refractivity contribution in [2.75, 3.05) is 33.4 Å². The number of hydrogen-bond donors (Lipinski definition) is 1. The molecule has 1 aromatic heterocycles. The van der Waals surface area contributed by atoms with E-state index >= 15 is 0 Å². The van der Waals surface area contributed by atoms with Gasteiger partial charge >= 0.3 is 0 Å². The number of nitrogens with two attached hydrogens (primary N) is 1. The van der Waals surface area contributed by atoms with Crippen LogP contribution in [0.5, 0.6) is 5.75 Å². The third-order valence-electron chi connectivity index (χ3n) is 3.72. The lowest BCUT2D eigenvalue weighted by atomic mass is 10.3. The topological polar surface area (TPSA) is 77.9 Å². The fourth-order valence-electron chi connectivity index (χ4n) is 2.38. The van der Waals surface area contributed by atoms with Gasteiger partial charge in [-0.2, -0.15) is 5.10 Å². The SMILES string of the molecule is COc1ccc(-n2ccc(CN=C(N)N3CCOCC3)n2)cc1. The fraction of sp³-hybridized carbons (Fsp3) is 0.375. The first kappa shape index (κ1) is 15.4. The quantitative estimate of drug-likeness (QED) is 0.673. The molecule has 122 valence electrons. The minimum Gasteiger partial charge on any atom is -0.497 e. The first-order chi connectivity index (χ1) is 11.3. The van der Waals surface area contributed by atoms with Crippen LogP contribution in [0.3, 0.4) is 0 Å². The number of ether oxygens (including phenoxy) is 2. The van der Waals surface area contributed by atoms with Crippen LogP contribution in [0.4, 0.5) is 0 Å². The molecule has 7 nitrogen and oxygen atoms in total. The van der Waals surface area contributed by atoms with E-state index in [1.54, 1.807) is 7.11 Å². The Morgan fingerprint density at radius 2 is 2.00 bits per heavy atom. The van der Waals surface area contributed by atoms with Gasteiger partial charge in [0.1, 0.15) is 5.75 Å². The summed E-state index contributed by atoms with van der Waals surface area (Å²) in [5.74, 6) is 1.37. The van der Waals surface area contributed by atoms with Crippen LogP contribution in [-0.2, 0) is 11.3 Å². The van der Waals surface area contributed by atoms with E-state index < -0.39 is 0 Å². The van der Waals surface area contributed by atoms with E-state index in [-0.39, 0.29) is 0 Å². The van der Waals surface area contributed by atoms with Gasteiger partial charge in [0, 0.05) is 19.3 Å². The third kappa shape index (κ3) is 3.81. The first-order valence-electron chi connectivity index (χ1n) is 7.58. The average Bonchev–Trinajstić information content (AvgIpc) is 3.09. The van der Waals surface area contributed by atoms with Crippen molar-refractivity contribution >= 4 is 5.96 Å². The monoisotopic (exact) mass is 315 g/mol. The van der Waals surface area contributed by atoms with Crippen LogP contribution in [-0.4, -0.2) is 54.1 Å². The van der Waals surface area contributed by atoms with Gasteiger partial charge in [0.15, 0.2) is 5.96 Å². The highest BCUT2D eigenvalue weighted by Crippen LogP contribution is 2.14. The molecule has 0 radical (unpaired) electrons. The maximum absolute atomic E-state index is 6.02. The Morgan fingerprint density at radius 1 is 1.26 bits per heavy atom. The number of benzene rings is 1. The predicted molar refractivity (Wildman–Crippen MR) is 87.8 cm³/mol. The van der Waals surface area contributed by atoms with Gasteiger partial charge in [0.2, 0.25) is 0 Å². The second-order valence-corrected chi connectivity index (χ2v) is 5.22. The van der Waals surface area contributed by atoms with Crippen LogP contribution in [0.15, 0.2) is 41.5 Å². The molecular weight excluding hydrogens is 294 g/mol. The minimum atomic E-state index is 0.465. The molecule has 0 atom stereocenters. The Balaban J connectivity index is 1.64. The highest BCUT2D eigenvalue weighted by atomic mass is 16.5. The van der Waals surface area contributed by atoms with E-state index in [9.17, 15) is 0 Å². The summed E-state index contributed by atoms with van der Waals surface area (Å²) in [6.07, 6.45) is 1.91. The summed E-state index contributed by atoms with van der Waals surface area (Å²) in [7, 11) is 1.65. The Labute approximate surface area is 135 Å². The summed E-state index contributed by atoms with van der Waals surface area (Å²) in [6.45, 7) is 3.43. The van der Waals surface area contributed by atoms with Gasteiger partial charge < -0.3 is 20.1 Å². The van der Waals surface area contributed by atoms with Gasteiger partial charge in [-0.05, 0) is 30.3 Å². The number of rotatable bonds is 4. The Morgan fingerprint density at radius 3 is 2.70 bits per heavy atom. The van der Waals surface area contributed by atoms with Gasteiger partial charge in [-0.3, -0.25) is 0 Å². The van der Waals surface area contributed by atoms with Crippen LogP contribution in [0, 0.1) is 0 Å². The third-order valence-corrected chi connectivity index (χ3v) is 3.72. The summed E-state index contributed by atoms with van der Waals surface area (Å²) in [5, 5.41) is 4.52. The molecule has 0 unspecified atom stereocenters. The molecule has 2 N–H and O–H groups in total. The minimum absolute atomic E-state index is 0.465. The van der Waals surface area contributed by atoms with Crippen LogP contribution in [0.1, 0.15) is 5.69 Å². The molecule has 7 heteroatoms. The zero-order valence-corrected chi connectivity index (χ0v) is 13.2. The molecule has 0 saturated carbocycles. The van der Waals surface area contributed by atoms with Crippen molar-refractivity contribution in [3.05, 3.63) is 42.2 Å². The fourth-order valence-corrected chi connectivity index (χ4v) is 2.38. The van der Waals surface area contributed by atoms with E-state index in [2.05, 4.69) is 10.1 Å². The lowest BCUT2D eigenvalue weighted by Gasteiger charge is -2.27. The lowest BCUT2D eigenvalue weighted by molar-refractivity contribution is 0.0674. The van der Waals surface area contributed by atoms with Gasteiger partial charge in [-0.15, -0.1) is 0 Å². The summed E-state index contributed by atoms with van der Waals surface area (Å²) in [4.78, 5) is 6.45. The Kier molecular flexibility index (Phi) is 4.77. The first-order valence-corrected chi connectivity index (χ1v) is 7.58. The molecule has 0 amide bonds. The van der Waals surface area contributed by atoms with E-state index in [4.69, 9.17) is 15.2 Å². The Bertz CT molecular complexity index is 659. The van der Waals surface area contributed by atoms with Crippen LogP contribution in [0.25, 0.3) is 5.69 Å². The van der Waals surface area contributed by atoms with Crippen LogP contribution >= 0.6 is 0 Å². The van der Waals surface area contributed by atoms with E-state index in [1.165, 1.54) is 0 Å². The molecule has 0 bridgehead atoms. The summed E-state index contributed by atoms with van der Waals surface area (Å²) in [6, 6.07) is 9.68. The number of nitrogens with zero attached hydrogens (tertiary/aromatic N) is 4. The summed E-state index contributed by atoms with van der Waals surface area (Å²) in [5.41, 5.74) is 7.86. The second kappa shape index (κ2) is 7.15. The highest BCUT2D eigenvalue weighted by molar-refractivity contribution is 5.78. The maximum Gasteiger partial charge on any atom is 0.191 e. The van der Waals surface area contributed by atoms with Crippen molar-refractivity contribution in [3.8, 4) is 11.4 Å². The molecule has 1 fully saturated rings. The molecule has 23 heavy (non-hydrogen) atoms. The van der Waals surface area contributed by atoms with Crippen LogP contribution in [0.2, 0.25) is 0 Å². The molecule has 0 aliphatic carbocycles. The maximum atomic E-state index is 6.02. The molecule has 1 aliphatic heterocycles. The molecular formula is C16H21N5O2. The number of aliphatic imine (C=N–C) groups is 1. The normalized spacial score (nSPS) is 15.7. The van der Waals surface area contributed by atoms with E-state index in [0.29, 0.717) is 25.7 Å². The average molecular weight is 315 g/mol. The Hall–Kier alpha value is -2.54. The lowest BCUT2D eigenvalue weighted by Crippen LogP contribution is -2.44. The van der Waals surface area contributed by atoms with Crippen LogP contribution < -0.4 is 10.5 Å². The second-order valence-electron chi connectivity index (χ2n) is 5.22. The number of aromatic nitrogens is 2. The number of methoxy groups -OCH3 is 1. The smallest absolute Gasteiger partial charge is 0.191 e. The van der Waals surface area contributed by atoms with Gasteiger partial charge in [0.25, 0.3) is 0 Å². The summed E-state index contributed by atoms with van der Waals surface area (Å²) < 4.78 is 12.3. The molecule has 3 rings (SSSR count). The van der Waals surface area contributed by atoms with Crippen molar-refractivity contribution in [2.24, 2.45) is 10.7 Å². The van der Waals surface area contributed by atoms with Gasteiger partial charge in [0.05, 0.1) is 38.2 Å². The molecule has 0 spiro atoms. The molecule has 2 heterocycles. The van der Waals surface area contributed by atoms with E-state index in [1.807, 2.05) is 46.1 Å². The zero-order valence-electron chi connectivity index (χ0n) is 13.2. The van der Waals surface area contributed by atoms with Gasteiger partial charge in [-0.1, -0.05) is 0 Å². The molecule has 1 saturated heterocycles. The summed E-state index contributed by atoms with van der Waals surface area (Å²) >= 11 is 0. The molecule has 1 aliphatic rings. The zero-order chi connectivity index (χ0) is 16.1. The van der Waals surface area contributed by atoms with Crippen molar-refractivity contribution in [1.29, 1.82) is 0 Å². The highest BCUT2D eigenvalue weighted by Gasteiger charge is 2.12. The number of guanidine groups is 1.